The fourth-order valence-corrected chi connectivity index (χ4v) is 2.26. The molecule has 0 unspecified atom stereocenters. The van der Waals surface area contributed by atoms with Gasteiger partial charge in [-0.2, -0.15) is 0 Å². The van der Waals surface area contributed by atoms with Crippen LogP contribution in [-0.2, 0) is 9.53 Å². The van der Waals surface area contributed by atoms with Gasteiger partial charge < -0.3 is 14.6 Å². The molecule has 1 rings (SSSR count). The van der Waals surface area contributed by atoms with Crippen LogP contribution in [0.15, 0.2) is 12.1 Å². The van der Waals surface area contributed by atoms with Crippen LogP contribution >= 0.6 is 0 Å². The van der Waals surface area contributed by atoms with E-state index in [-0.39, 0.29) is 29.0 Å². The van der Waals surface area contributed by atoms with Gasteiger partial charge >= 0.3 is 12.1 Å². The zero-order chi connectivity index (χ0) is 20.1. The number of aromatic hydroxyl groups is 1. The van der Waals surface area contributed by atoms with Crippen LogP contribution in [0.25, 0.3) is 0 Å². The lowest BCUT2D eigenvalue weighted by molar-refractivity contribution is -0.134. The summed E-state index contributed by atoms with van der Waals surface area (Å²) < 4.78 is 10.6. The normalized spacial score (nSPS) is 11.8. The van der Waals surface area contributed by atoms with E-state index in [1.165, 1.54) is 6.07 Å². The number of amides is 1. The Kier molecular flexibility index (Phi) is 7.07. The average molecular weight is 365 g/mol. The number of anilines is 1. The number of nitrogens with one attached hydrogen (secondary N) is 1. The Hall–Kier alpha value is -2.24. The largest absolute Gasteiger partial charge is 0.506 e. The van der Waals surface area contributed by atoms with E-state index in [4.69, 9.17) is 9.47 Å². The standard InChI is InChI=1S/C20H31NO5/c1-13-10-11-14(22)16(21-18(24)26-20(5,6)7)17(13)25-15(23)9-8-12-19(2,3)4/h10-11,22H,8-9,12H2,1-7H3,(H,21,24). The predicted octanol–water partition coefficient (Wildman–Crippen LogP) is 5.17. The quantitative estimate of drug-likeness (QED) is 0.427. The Bertz CT molecular complexity index is 653. The van der Waals surface area contributed by atoms with E-state index in [2.05, 4.69) is 26.1 Å². The van der Waals surface area contributed by atoms with Crippen LogP contribution < -0.4 is 10.1 Å². The first-order valence-electron chi connectivity index (χ1n) is 8.82. The van der Waals surface area contributed by atoms with E-state index in [9.17, 15) is 14.7 Å². The molecule has 0 saturated carbocycles. The molecule has 0 radical (unpaired) electrons. The van der Waals surface area contributed by atoms with Crippen molar-refractivity contribution < 1.29 is 24.2 Å². The number of rotatable bonds is 5. The van der Waals surface area contributed by atoms with Crippen LogP contribution in [-0.4, -0.2) is 22.8 Å². The molecule has 0 aromatic heterocycles. The Morgan fingerprint density at radius 3 is 2.27 bits per heavy atom. The molecular weight excluding hydrogens is 334 g/mol. The van der Waals surface area contributed by atoms with Crippen LogP contribution in [0.3, 0.4) is 0 Å². The lowest BCUT2D eigenvalue weighted by atomic mass is 9.90. The SMILES string of the molecule is Cc1ccc(O)c(NC(=O)OC(C)(C)C)c1OC(=O)CCCC(C)(C)C. The minimum atomic E-state index is -0.733. The molecule has 0 spiro atoms. The molecule has 6 nitrogen and oxygen atoms in total. The monoisotopic (exact) mass is 365 g/mol. The maximum atomic E-state index is 12.2. The molecule has 0 aliphatic heterocycles. The predicted molar refractivity (Wildman–Crippen MR) is 102 cm³/mol. The van der Waals surface area contributed by atoms with Gasteiger partial charge in [0.1, 0.15) is 17.0 Å². The summed E-state index contributed by atoms with van der Waals surface area (Å²) >= 11 is 0. The molecule has 2 N–H and O–H groups in total. The van der Waals surface area contributed by atoms with Gasteiger partial charge in [-0.05, 0) is 57.6 Å². The van der Waals surface area contributed by atoms with Gasteiger partial charge in [-0.25, -0.2) is 4.79 Å². The van der Waals surface area contributed by atoms with E-state index in [0.717, 1.165) is 6.42 Å². The number of phenols is 1. The fourth-order valence-electron chi connectivity index (χ4n) is 2.26. The van der Waals surface area contributed by atoms with Crippen molar-refractivity contribution in [2.24, 2.45) is 5.41 Å². The second-order valence-corrected chi connectivity index (χ2v) is 8.62. The van der Waals surface area contributed by atoms with E-state index in [1.807, 2.05) is 0 Å². The van der Waals surface area contributed by atoms with Gasteiger partial charge in [0.15, 0.2) is 5.75 Å². The molecule has 0 aliphatic rings. The highest BCUT2D eigenvalue weighted by molar-refractivity contribution is 5.91. The van der Waals surface area contributed by atoms with Crippen molar-refractivity contribution in [2.75, 3.05) is 5.32 Å². The molecule has 26 heavy (non-hydrogen) atoms. The summed E-state index contributed by atoms with van der Waals surface area (Å²) in [7, 11) is 0. The number of hydrogen-bond donors (Lipinski definition) is 2. The third-order valence-electron chi connectivity index (χ3n) is 3.48. The Morgan fingerprint density at radius 2 is 1.73 bits per heavy atom. The first kappa shape index (κ1) is 21.8. The van der Waals surface area contributed by atoms with Crippen LogP contribution in [0.1, 0.15) is 66.4 Å². The first-order chi connectivity index (χ1) is 11.8. The van der Waals surface area contributed by atoms with Crippen molar-refractivity contribution >= 4 is 17.7 Å². The number of phenolic OH excluding ortho intramolecular Hbond substituents is 1. The molecule has 0 fully saturated rings. The second-order valence-electron chi connectivity index (χ2n) is 8.62. The lowest BCUT2D eigenvalue weighted by Gasteiger charge is -2.21. The summed E-state index contributed by atoms with van der Waals surface area (Å²) in [6.45, 7) is 13.3. The van der Waals surface area contributed by atoms with Gasteiger partial charge in [-0.15, -0.1) is 0 Å². The molecule has 1 aromatic rings. The third-order valence-corrected chi connectivity index (χ3v) is 3.48. The van der Waals surface area contributed by atoms with Crippen molar-refractivity contribution in [1.82, 2.24) is 0 Å². The Labute approximate surface area is 155 Å². The molecule has 1 aromatic carbocycles. The summed E-state index contributed by atoms with van der Waals surface area (Å²) in [4.78, 5) is 24.2. The lowest BCUT2D eigenvalue weighted by Crippen LogP contribution is -2.27. The van der Waals surface area contributed by atoms with Crippen LogP contribution in [0.2, 0.25) is 0 Å². The minimum Gasteiger partial charge on any atom is -0.506 e. The Balaban J connectivity index is 2.89. The molecule has 146 valence electrons. The third kappa shape index (κ3) is 7.76. The number of carbonyl (C=O) groups is 2. The number of carbonyl (C=O) groups excluding carboxylic acids is 2. The van der Waals surface area contributed by atoms with Gasteiger partial charge in [0, 0.05) is 6.42 Å². The molecule has 0 aliphatic carbocycles. The highest BCUT2D eigenvalue weighted by atomic mass is 16.6. The zero-order valence-corrected chi connectivity index (χ0v) is 16.9. The number of ether oxygens (including phenoxy) is 2. The minimum absolute atomic E-state index is 0.0309. The van der Waals surface area contributed by atoms with Crippen LogP contribution in [0.5, 0.6) is 11.5 Å². The molecule has 0 saturated heterocycles. The molecule has 1 amide bonds. The molecule has 0 atom stereocenters. The van der Waals surface area contributed by atoms with Gasteiger partial charge in [0.25, 0.3) is 0 Å². The summed E-state index contributed by atoms with van der Waals surface area (Å²) in [5.74, 6) is -0.467. The second kappa shape index (κ2) is 8.43. The fraction of sp³-hybridized carbons (Fsp3) is 0.600. The number of benzene rings is 1. The van der Waals surface area contributed by atoms with E-state index in [1.54, 1.807) is 33.8 Å². The van der Waals surface area contributed by atoms with Crippen LogP contribution in [0, 0.1) is 12.3 Å². The maximum absolute atomic E-state index is 12.2. The van der Waals surface area contributed by atoms with Gasteiger partial charge in [-0.3, -0.25) is 10.1 Å². The van der Waals surface area contributed by atoms with Gasteiger partial charge in [-0.1, -0.05) is 26.8 Å². The highest BCUT2D eigenvalue weighted by Crippen LogP contribution is 2.37. The highest BCUT2D eigenvalue weighted by Gasteiger charge is 2.22. The molecule has 0 bridgehead atoms. The number of aryl methyl sites for hydroxylation is 1. The van der Waals surface area contributed by atoms with Crippen molar-refractivity contribution in [3.8, 4) is 11.5 Å². The van der Waals surface area contributed by atoms with Crippen LogP contribution in [0.4, 0.5) is 10.5 Å². The first-order valence-corrected chi connectivity index (χ1v) is 8.82. The molecular formula is C20H31NO5. The zero-order valence-electron chi connectivity index (χ0n) is 16.9. The summed E-state index contributed by atoms with van der Waals surface area (Å²) in [5, 5.41) is 12.6. The molecule has 0 heterocycles. The average Bonchev–Trinajstić information content (AvgIpc) is 2.43. The maximum Gasteiger partial charge on any atom is 0.412 e. The van der Waals surface area contributed by atoms with Crippen molar-refractivity contribution in [1.29, 1.82) is 0 Å². The molecule has 6 heteroatoms. The van der Waals surface area contributed by atoms with Crippen molar-refractivity contribution in [3.63, 3.8) is 0 Å². The number of hydrogen-bond acceptors (Lipinski definition) is 5. The smallest absolute Gasteiger partial charge is 0.412 e. The Morgan fingerprint density at radius 1 is 1.12 bits per heavy atom. The van der Waals surface area contributed by atoms with Crippen molar-refractivity contribution in [2.45, 2.75) is 73.3 Å². The van der Waals surface area contributed by atoms with Crippen molar-refractivity contribution in [3.05, 3.63) is 17.7 Å². The van der Waals surface area contributed by atoms with E-state index >= 15 is 0 Å². The topological polar surface area (TPSA) is 84.9 Å². The van der Waals surface area contributed by atoms with E-state index in [0.29, 0.717) is 12.0 Å². The number of esters is 1. The summed E-state index contributed by atoms with van der Waals surface area (Å²) in [5.41, 5.74) is 0.110. The van der Waals surface area contributed by atoms with Gasteiger partial charge in [0.2, 0.25) is 0 Å². The summed E-state index contributed by atoms with van der Waals surface area (Å²) in [6.07, 6.45) is 1.13. The summed E-state index contributed by atoms with van der Waals surface area (Å²) in [6, 6.07) is 3.05. The van der Waals surface area contributed by atoms with Gasteiger partial charge in [0.05, 0.1) is 0 Å². The van der Waals surface area contributed by atoms with E-state index < -0.39 is 17.7 Å².